The maximum atomic E-state index is 5.31. The standard InChI is InChI=1S/C15H23BrN2S/c1-3-5-6-12(4-2)11-17-15(19)18-14-9-7-13(16)8-10-14/h7-10,12H,3-6,11H2,1-2H3,(H2,17,18,19). The number of hydrogen-bond donors (Lipinski definition) is 2. The van der Waals surface area contributed by atoms with E-state index in [0.29, 0.717) is 11.0 Å². The van der Waals surface area contributed by atoms with E-state index in [-0.39, 0.29) is 0 Å². The van der Waals surface area contributed by atoms with Crippen LogP contribution in [0.2, 0.25) is 0 Å². The Labute approximate surface area is 130 Å². The van der Waals surface area contributed by atoms with Crippen LogP contribution in [0.1, 0.15) is 39.5 Å². The molecular weight excluding hydrogens is 320 g/mol. The van der Waals surface area contributed by atoms with Gasteiger partial charge in [-0.2, -0.15) is 0 Å². The maximum Gasteiger partial charge on any atom is 0.170 e. The first-order chi connectivity index (χ1) is 9.15. The molecule has 1 unspecified atom stereocenters. The monoisotopic (exact) mass is 342 g/mol. The molecule has 0 aliphatic heterocycles. The van der Waals surface area contributed by atoms with Gasteiger partial charge in [0.15, 0.2) is 5.11 Å². The summed E-state index contributed by atoms with van der Waals surface area (Å²) in [7, 11) is 0. The summed E-state index contributed by atoms with van der Waals surface area (Å²) in [5.41, 5.74) is 1.02. The molecule has 0 aliphatic carbocycles. The minimum atomic E-state index is 0.706. The SMILES string of the molecule is CCCCC(CC)CNC(=S)Nc1ccc(Br)cc1. The average molecular weight is 343 g/mol. The molecule has 1 aromatic rings. The number of hydrogen-bond acceptors (Lipinski definition) is 1. The fourth-order valence-electron chi connectivity index (χ4n) is 1.89. The van der Waals surface area contributed by atoms with Crippen molar-refractivity contribution in [3.8, 4) is 0 Å². The van der Waals surface area contributed by atoms with E-state index in [1.54, 1.807) is 0 Å². The molecule has 1 atom stereocenters. The first-order valence-electron chi connectivity index (χ1n) is 6.96. The van der Waals surface area contributed by atoms with Gasteiger partial charge in [-0.3, -0.25) is 0 Å². The molecule has 2 N–H and O–H groups in total. The molecular formula is C15H23BrN2S. The van der Waals surface area contributed by atoms with E-state index < -0.39 is 0 Å². The lowest BCUT2D eigenvalue weighted by atomic mass is 9.99. The Bertz CT molecular complexity index is 378. The minimum absolute atomic E-state index is 0.706. The van der Waals surface area contributed by atoms with Crippen LogP contribution >= 0.6 is 28.1 Å². The molecule has 1 rings (SSSR count). The topological polar surface area (TPSA) is 24.1 Å². The molecule has 2 nitrogen and oxygen atoms in total. The van der Waals surface area contributed by atoms with Crippen molar-refractivity contribution >= 4 is 38.9 Å². The van der Waals surface area contributed by atoms with Crippen LogP contribution < -0.4 is 10.6 Å². The summed E-state index contributed by atoms with van der Waals surface area (Å²) in [5, 5.41) is 7.22. The molecule has 4 heteroatoms. The first-order valence-corrected chi connectivity index (χ1v) is 8.16. The number of anilines is 1. The second-order valence-electron chi connectivity index (χ2n) is 4.76. The van der Waals surface area contributed by atoms with Crippen LogP contribution in [0.5, 0.6) is 0 Å². The molecule has 106 valence electrons. The second kappa shape index (κ2) is 9.32. The van der Waals surface area contributed by atoms with Crippen molar-refractivity contribution in [3.63, 3.8) is 0 Å². The quantitative estimate of drug-likeness (QED) is 0.685. The Balaban J connectivity index is 2.32. The van der Waals surface area contributed by atoms with Crippen LogP contribution in [0, 0.1) is 5.92 Å². The normalized spacial score (nSPS) is 11.9. The van der Waals surface area contributed by atoms with E-state index >= 15 is 0 Å². The Kier molecular flexibility index (Phi) is 8.07. The second-order valence-corrected chi connectivity index (χ2v) is 6.08. The van der Waals surface area contributed by atoms with E-state index in [4.69, 9.17) is 12.2 Å². The van der Waals surface area contributed by atoms with Gasteiger partial charge in [0.1, 0.15) is 0 Å². The predicted molar refractivity (Wildman–Crippen MR) is 91.7 cm³/mol. The van der Waals surface area contributed by atoms with Gasteiger partial charge < -0.3 is 10.6 Å². The molecule has 19 heavy (non-hydrogen) atoms. The van der Waals surface area contributed by atoms with Crippen molar-refractivity contribution in [3.05, 3.63) is 28.7 Å². The smallest absolute Gasteiger partial charge is 0.170 e. The van der Waals surface area contributed by atoms with Gasteiger partial charge in [-0.05, 0) is 48.8 Å². The predicted octanol–water partition coefficient (Wildman–Crippen LogP) is 4.95. The van der Waals surface area contributed by atoms with Crippen molar-refractivity contribution in [1.82, 2.24) is 5.32 Å². The molecule has 0 bridgehead atoms. The Hall–Kier alpha value is -0.610. The van der Waals surface area contributed by atoms with Gasteiger partial charge in [0.2, 0.25) is 0 Å². The lowest BCUT2D eigenvalue weighted by Gasteiger charge is -2.17. The lowest BCUT2D eigenvalue weighted by Crippen LogP contribution is -2.32. The molecule has 0 fully saturated rings. The summed E-state index contributed by atoms with van der Waals surface area (Å²) in [4.78, 5) is 0. The highest BCUT2D eigenvalue weighted by molar-refractivity contribution is 9.10. The van der Waals surface area contributed by atoms with E-state index in [2.05, 4.69) is 40.4 Å². The van der Waals surface area contributed by atoms with Gasteiger partial charge in [-0.1, -0.05) is 49.0 Å². The third kappa shape index (κ3) is 6.92. The zero-order chi connectivity index (χ0) is 14.1. The minimum Gasteiger partial charge on any atom is -0.362 e. The molecule has 1 aromatic carbocycles. The van der Waals surface area contributed by atoms with Crippen molar-refractivity contribution in [2.24, 2.45) is 5.92 Å². The Morgan fingerprint density at radius 2 is 1.95 bits per heavy atom. The third-order valence-corrected chi connectivity index (χ3v) is 3.97. The summed E-state index contributed by atoms with van der Waals surface area (Å²) >= 11 is 8.73. The lowest BCUT2D eigenvalue weighted by molar-refractivity contribution is 0.446. The molecule has 0 radical (unpaired) electrons. The van der Waals surface area contributed by atoms with Crippen LogP contribution in [-0.4, -0.2) is 11.7 Å². The van der Waals surface area contributed by atoms with Gasteiger partial charge in [0, 0.05) is 16.7 Å². The number of nitrogens with one attached hydrogen (secondary N) is 2. The number of benzene rings is 1. The van der Waals surface area contributed by atoms with Crippen LogP contribution in [0.25, 0.3) is 0 Å². The van der Waals surface area contributed by atoms with Crippen molar-refractivity contribution in [1.29, 1.82) is 0 Å². The van der Waals surface area contributed by atoms with Gasteiger partial charge >= 0.3 is 0 Å². The molecule has 0 spiro atoms. The number of rotatable bonds is 7. The molecule has 0 heterocycles. The zero-order valence-electron chi connectivity index (χ0n) is 11.7. The van der Waals surface area contributed by atoms with Crippen LogP contribution in [-0.2, 0) is 0 Å². The van der Waals surface area contributed by atoms with Gasteiger partial charge in [-0.25, -0.2) is 0 Å². The van der Waals surface area contributed by atoms with E-state index in [9.17, 15) is 0 Å². The average Bonchev–Trinajstić information content (AvgIpc) is 2.42. The van der Waals surface area contributed by atoms with Gasteiger partial charge in [-0.15, -0.1) is 0 Å². The molecule has 0 saturated carbocycles. The van der Waals surface area contributed by atoms with Gasteiger partial charge in [0.05, 0.1) is 0 Å². The highest BCUT2D eigenvalue weighted by Gasteiger charge is 2.06. The summed E-state index contributed by atoms with van der Waals surface area (Å²) in [6, 6.07) is 8.01. The maximum absolute atomic E-state index is 5.31. The van der Waals surface area contributed by atoms with Crippen LogP contribution in [0.3, 0.4) is 0 Å². The first kappa shape index (κ1) is 16.4. The molecule has 0 saturated heterocycles. The van der Waals surface area contributed by atoms with E-state index in [0.717, 1.165) is 16.7 Å². The molecule has 0 aromatic heterocycles. The van der Waals surface area contributed by atoms with Gasteiger partial charge in [0.25, 0.3) is 0 Å². The van der Waals surface area contributed by atoms with Crippen LogP contribution in [0.15, 0.2) is 28.7 Å². The highest BCUT2D eigenvalue weighted by atomic mass is 79.9. The zero-order valence-corrected chi connectivity index (χ0v) is 14.1. The molecule has 0 aliphatic rings. The number of unbranched alkanes of at least 4 members (excludes halogenated alkanes) is 1. The summed E-state index contributed by atoms with van der Waals surface area (Å²) < 4.78 is 1.07. The fourth-order valence-corrected chi connectivity index (χ4v) is 2.35. The summed E-state index contributed by atoms with van der Waals surface area (Å²) in [6.45, 7) is 5.44. The Morgan fingerprint density at radius 3 is 2.53 bits per heavy atom. The third-order valence-electron chi connectivity index (χ3n) is 3.20. The van der Waals surface area contributed by atoms with Crippen LogP contribution in [0.4, 0.5) is 5.69 Å². The largest absolute Gasteiger partial charge is 0.362 e. The van der Waals surface area contributed by atoms with Crippen molar-refractivity contribution in [2.45, 2.75) is 39.5 Å². The fraction of sp³-hybridized carbons (Fsp3) is 0.533. The summed E-state index contributed by atoms with van der Waals surface area (Å²) in [5.74, 6) is 0.713. The molecule has 0 amide bonds. The highest BCUT2D eigenvalue weighted by Crippen LogP contribution is 2.14. The number of halogens is 1. The van der Waals surface area contributed by atoms with Crippen molar-refractivity contribution < 1.29 is 0 Å². The Morgan fingerprint density at radius 1 is 1.26 bits per heavy atom. The number of thiocarbonyl (C=S) groups is 1. The van der Waals surface area contributed by atoms with E-state index in [1.807, 2.05) is 24.3 Å². The summed E-state index contributed by atoms with van der Waals surface area (Å²) in [6.07, 6.45) is 5.04. The van der Waals surface area contributed by atoms with E-state index in [1.165, 1.54) is 25.7 Å². The van der Waals surface area contributed by atoms with Crippen molar-refractivity contribution in [2.75, 3.05) is 11.9 Å².